The van der Waals surface area contributed by atoms with E-state index in [1.165, 1.54) is 12.1 Å². The quantitative estimate of drug-likeness (QED) is 0.174. The van der Waals surface area contributed by atoms with Gasteiger partial charge in [0.2, 0.25) is 0 Å². The minimum atomic E-state index is -0.361. The van der Waals surface area contributed by atoms with Gasteiger partial charge in [-0.25, -0.2) is 4.39 Å². The lowest BCUT2D eigenvalue weighted by atomic mass is 9.89. The number of carbonyl (C=O) groups is 2. The predicted octanol–water partition coefficient (Wildman–Crippen LogP) is 7.91. The van der Waals surface area contributed by atoms with E-state index in [0.29, 0.717) is 52.0 Å². The highest BCUT2D eigenvalue weighted by molar-refractivity contribution is 6.13. The lowest BCUT2D eigenvalue weighted by Crippen LogP contribution is -2.16. The van der Waals surface area contributed by atoms with Crippen molar-refractivity contribution in [1.82, 2.24) is 9.97 Å². The summed E-state index contributed by atoms with van der Waals surface area (Å²) in [6, 6.07) is 15.4. The molecule has 0 amide bonds. The largest absolute Gasteiger partial charge is 0.496 e. The zero-order valence-corrected chi connectivity index (χ0v) is 23.2. The summed E-state index contributed by atoms with van der Waals surface area (Å²) in [6.45, 7) is 3.77. The van der Waals surface area contributed by atoms with Crippen molar-refractivity contribution >= 4 is 22.5 Å². The van der Waals surface area contributed by atoms with Crippen LogP contribution in [0.1, 0.15) is 64.6 Å². The van der Waals surface area contributed by atoms with Gasteiger partial charge in [0.1, 0.15) is 22.9 Å². The van der Waals surface area contributed by atoms with Gasteiger partial charge in [0.05, 0.1) is 23.9 Å². The van der Waals surface area contributed by atoms with E-state index < -0.39 is 0 Å². The fourth-order valence-electron chi connectivity index (χ4n) is 5.55. The second kappa shape index (κ2) is 10.4. The molecule has 6 nitrogen and oxygen atoms in total. The number of carbonyl (C=O) groups excluding carboxylic acids is 2. The maximum atomic E-state index is 13.7. The number of rotatable bonds is 9. The molecule has 6 rings (SSSR count). The fraction of sp³-hybridized carbons (Fsp3) is 0.235. The zero-order valence-electron chi connectivity index (χ0n) is 23.2. The highest BCUT2D eigenvalue weighted by Crippen LogP contribution is 2.51. The van der Waals surface area contributed by atoms with E-state index in [0.717, 1.165) is 35.2 Å². The molecule has 7 heteroatoms. The van der Waals surface area contributed by atoms with Gasteiger partial charge in [0, 0.05) is 47.8 Å². The molecular weight excluding hydrogens is 519 g/mol. The van der Waals surface area contributed by atoms with Crippen molar-refractivity contribution in [1.29, 1.82) is 0 Å². The Hall–Kier alpha value is -4.65. The number of ketones is 2. The molecular formula is C34H29FN2O4. The fourth-order valence-corrected chi connectivity index (χ4v) is 5.55. The molecule has 3 aromatic carbocycles. The van der Waals surface area contributed by atoms with Gasteiger partial charge in [0.25, 0.3) is 0 Å². The molecule has 2 aromatic heterocycles. The minimum Gasteiger partial charge on any atom is -0.496 e. The second-order valence-electron chi connectivity index (χ2n) is 10.6. The maximum Gasteiger partial charge on any atom is 0.167 e. The molecule has 206 valence electrons. The summed E-state index contributed by atoms with van der Waals surface area (Å²) in [5.74, 6) is 0.499. The summed E-state index contributed by atoms with van der Waals surface area (Å²) in [7, 11) is 1.57. The van der Waals surface area contributed by atoms with Crippen LogP contribution >= 0.6 is 0 Å². The van der Waals surface area contributed by atoms with E-state index in [4.69, 9.17) is 9.15 Å². The van der Waals surface area contributed by atoms with Crippen LogP contribution in [0.3, 0.4) is 0 Å². The molecule has 41 heavy (non-hydrogen) atoms. The number of aromatic nitrogens is 2. The number of hydrogen-bond acceptors (Lipinski definition) is 6. The molecule has 0 spiro atoms. The van der Waals surface area contributed by atoms with Gasteiger partial charge in [-0.2, -0.15) is 0 Å². The van der Waals surface area contributed by atoms with Crippen molar-refractivity contribution in [2.24, 2.45) is 0 Å². The molecule has 5 aromatic rings. The third-order valence-corrected chi connectivity index (χ3v) is 8.01. The van der Waals surface area contributed by atoms with Gasteiger partial charge in [-0.3, -0.25) is 19.6 Å². The van der Waals surface area contributed by atoms with E-state index in [2.05, 4.69) is 9.97 Å². The first-order valence-corrected chi connectivity index (χ1v) is 13.7. The predicted molar refractivity (Wildman–Crippen MR) is 155 cm³/mol. The van der Waals surface area contributed by atoms with E-state index in [-0.39, 0.29) is 22.8 Å². The van der Waals surface area contributed by atoms with E-state index in [1.807, 2.05) is 37.3 Å². The Morgan fingerprint density at radius 1 is 1.00 bits per heavy atom. The Morgan fingerprint density at radius 3 is 2.41 bits per heavy atom. The number of fused-ring (bicyclic) bond motifs is 1. The van der Waals surface area contributed by atoms with Crippen LogP contribution in [0.5, 0.6) is 5.75 Å². The summed E-state index contributed by atoms with van der Waals surface area (Å²) < 4.78 is 25.4. The van der Waals surface area contributed by atoms with Crippen molar-refractivity contribution in [2.45, 2.75) is 44.9 Å². The topological polar surface area (TPSA) is 82.3 Å². The number of halogens is 1. The number of furan rings is 1. The molecule has 0 aliphatic heterocycles. The number of hydrogen-bond donors (Lipinski definition) is 0. The van der Waals surface area contributed by atoms with Crippen LogP contribution in [0.25, 0.3) is 33.4 Å². The van der Waals surface area contributed by atoms with Gasteiger partial charge >= 0.3 is 0 Å². The van der Waals surface area contributed by atoms with Crippen molar-refractivity contribution in [3.8, 4) is 28.2 Å². The van der Waals surface area contributed by atoms with Gasteiger partial charge in [-0.1, -0.05) is 13.0 Å². The summed E-state index contributed by atoms with van der Waals surface area (Å²) in [5, 5.41) is 0.677. The number of methoxy groups -OCH3 is 1. The summed E-state index contributed by atoms with van der Waals surface area (Å²) in [6.07, 6.45) is 7.43. The Morgan fingerprint density at radius 2 is 1.76 bits per heavy atom. The maximum absolute atomic E-state index is 13.7. The third kappa shape index (κ3) is 4.82. The smallest absolute Gasteiger partial charge is 0.167 e. The van der Waals surface area contributed by atoms with Gasteiger partial charge in [-0.05, 0) is 85.0 Å². The minimum absolute atomic E-state index is 0.0175. The van der Waals surface area contributed by atoms with E-state index in [1.54, 1.807) is 44.8 Å². The van der Waals surface area contributed by atoms with Crippen LogP contribution in [-0.2, 0) is 5.41 Å². The molecule has 0 radical (unpaired) electrons. The van der Waals surface area contributed by atoms with Crippen molar-refractivity contribution in [3.05, 3.63) is 101 Å². The van der Waals surface area contributed by atoms with Gasteiger partial charge < -0.3 is 9.15 Å². The molecule has 0 N–H and O–H groups in total. The molecule has 0 atom stereocenters. The SMILES string of the molecule is CCC(=O)c1c(-c2ccc(F)cc2)oc2ccc(-c3cc(C(=O)CC4(c5cnccn5)CC4)c(OC)cc3C)cc12. The van der Waals surface area contributed by atoms with Gasteiger partial charge in [-0.15, -0.1) is 0 Å². The Bertz CT molecular complexity index is 1790. The van der Waals surface area contributed by atoms with E-state index in [9.17, 15) is 14.0 Å². The van der Waals surface area contributed by atoms with Crippen molar-refractivity contribution in [3.63, 3.8) is 0 Å². The average molecular weight is 549 g/mol. The standard InChI is InChI=1S/C34H29FN2O4/c1-4-27(38)32-26-16-22(7-10-29(26)41-33(32)21-5-8-23(35)9-6-21)24-17-25(30(40-3)15-20(24)2)28(39)18-34(11-12-34)31-19-36-13-14-37-31/h5-10,13-17,19H,4,11-12,18H2,1-3H3. The van der Waals surface area contributed by atoms with Crippen molar-refractivity contribution in [2.75, 3.05) is 7.11 Å². The normalized spacial score (nSPS) is 13.8. The van der Waals surface area contributed by atoms with Crippen LogP contribution in [0.15, 0.2) is 77.6 Å². The molecule has 0 saturated heterocycles. The summed E-state index contributed by atoms with van der Waals surface area (Å²) >= 11 is 0. The third-order valence-electron chi connectivity index (χ3n) is 8.01. The summed E-state index contributed by atoms with van der Waals surface area (Å²) in [4.78, 5) is 35.5. The molecule has 1 saturated carbocycles. The molecule has 1 aliphatic rings. The number of Topliss-reactive ketones (excluding diaryl/α,β-unsaturated/α-hetero) is 2. The summed E-state index contributed by atoms with van der Waals surface area (Å²) in [5.41, 5.74) is 5.36. The highest BCUT2D eigenvalue weighted by Gasteiger charge is 2.47. The lowest BCUT2D eigenvalue weighted by Gasteiger charge is -2.17. The number of aryl methyl sites for hydroxylation is 1. The Labute approximate surface area is 237 Å². The Balaban J connectivity index is 1.43. The first-order valence-electron chi connectivity index (χ1n) is 13.7. The van der Waals surface area contributed by atoms with Crippen LogP contribution < -0.4 is 4.74 Å². The lowest BCUT2D eigenvalue weighted by molar-refractivity contribution is 0.0963. The molecule has 1 fully saturated rings. The number of ether oxygens (including phenoxy) is 1. The zero-order chi connectivity index (χ0) is 28.7. The average Bonchev–Trinajstić information content (AvgIpc) is 3.68. The first kappa shape index (κ1) is 26.6. The highest BCUT2D eigenvalue weighted by atomic mass is 19.1. The molecule has 0 unspecified atom stereocenters. The first-order chi connectivity index (χ1) is 19.8. The van der Waals surface area contributed by atoms with Crippen molar-refractivity contribution < 1.29 is 23.1 Å². The monoisotopic (exact) mass is 548 g/mol. The molecule has 1 aliphatic carbocycles. The number of nitrogens with zero attached hydrogens (tertiary/aromatic N) is 2. The van der Waals surface area contributed by atoms with E-state index >= 15 is 0 Å². The van der Waals surface area contributed by atoms with Crippen LogP contribution in [-0.4, -0.2) is 28.6 Å². The molecule has 0 bridgehead atoms. The van der Waals surface area contributed by atoms with Gasteiger partial charge in [0.15, 0.2) is 11.6 Å². The van der Waals surface area contributed by atoms with Crippen LogP contribution in [0.2, 0.25) is 0 Å². The Kier molecular flexibility index (Phi) is 6.73. The number of benzene rings is 3. The second-order valence-corrected chi connectivity index (χ2v) is 10.6. The van der Waals surface area contributed by atoms with Crippen LogP contribution in [0, 0.1) is 12.7 Å². The molecule has 2 heterocycles. The van der Waals surface area contributed by atoms with Crippen LogP contribution in [0.4, 0.5) is 4.39 Å².